The first-order valence-corrected chi connectivity index (χ1v) is 13.1. The Hall–Kier alpha value is -0.770. The van der Waals surface area contributed by atoms with Gasteiger partial charge in [0.25, 0.3) is 0 Å². The van der Waals surface area contributed by atoms with Crippen molar-refractivity contribution in [2.75, 3.05) is 32.7 Å². The summed E-state index contributed by atoms with van der Waals surface area (Å²) in [6.45, 7) is 13.5. The number of aliphatic imine (C=N–C) groups is 1. The average Bonchev–Trinajstić information content (AvgIpc) is 3.01. The molecule has 8 heteroatoms. The quantitative estimate of drug-likeness (QED) is 0.189. The average molecular weight is 578 g/mol. The molecule has 3 heterocycles. The topological polar surface area (TPSA) is 69.2 Å². The Morgan fingerprint density at radius 2 is 1.70 bits per heavy atom. The molecule has 3 aliphatic heterocycles. The van der Waals surface area contributed by atoms with Gasteiger partial charge in [0.15, 0.2) is 5.96 Å². The summed E-state index contributed by atoms with van der Waals surface area (Å²) in [5, 5.41) is 7.07. The summed E-state index contributed by atoms with van der Waals surface area (Å²) in [5.74, 6) is 0.929. The van der Waals surface area contributed by atoms with Gasteiger partial charge in [-0.25, -0.2) is 4.79 Å². The summed E-state index contributed by atoms with van der Waals surface area (Å²) >= 11 is 0. The molecule has 7 nitrogen and oxygen atoms in total. The van der Waals surface area contributed by atoms with E-state index in [9.17, 15) is 4.79 Å². The Morgan fingerprint density at radius 1 is 1.03 bits per heavy atom. The van der Waals surface area contributed by atoms with Crippen LogP contribution in [0.1, 0.15) is 91.9 Å². The van der Waals surface area contributed by atoms with Gasteiger partial charge >= 0.3 is 6.09 Å². The molecule has 2 unspecified atom stereocenters. The molecular weight excluding hydrogens is 529 g/mol. The lowest BCUT2D eigenvalue weighted by molar-refractivity contribution is 0.00545. The van der Waals surface area contributed by atoms with Crippen molar-refractivity contribution < 1.29 is 9.53 Å². The summed E-state index contributed by atoms with van der Waals surface area (Å²) < 4.78 is 5.66. The Morgan fingerprint density at radius 3 is 2.30 bits per heavy atom. The lowest BCUT2D eigenvalue weighted by Gasteiger charge is -2.40. The number of halogens is 1. The van der Waals surface area contributed by atoms with Crippen molar-refractivity contribution in [1.82, 2.24) is 20.4 Å². The number of ether oxygens (including phenoxy) is 1. The monoisotopic (exact) mass is 577 g/mol. The Balaban J connectivity index is 0.00000385. The molecule has 0 radical (unpaired) electrons. The van der Waals surface area contributed by atoms with E-state index in [1.807, 2.05) is 25.7 Å². The normalized spacial score (nSPS) is 26.0. The van der Waals surface area contributed by atoms with E-state index < -0.39 is 5.60 Å². The fourth-order valence-electron chi connectivity index (χ4n) is 5.42. The maximum absolute atomic E-state index is 12.7. The van der Waals surface area contributed by atoms with Gasteiger partial charge in [0.05, 0.1) is 0 Å². The summed E-state index contributed by atoms with van der Waals surface area (Å²) in [6.07, 6.45) is 11.8. The molecule has 0 saturated carbocycles. The van der Waals surface area contributed by atoms with Crippen LogP contribution in [-0.4, -0.2) is 78.3 Å². The predicted octanol–water partition coefficient (Wildman–Crippen LogP) is 4.75. The van der Waals surface area contributed by atoms with Crippen LogP contribution in [0, 0.1) is 0 Å². The molecule has 0 aromatic heterocycles. The van der Waals surface area contributed by atoms with E-state index in [4.69, 9.17) is 9.73 Å². The van der Waals surface area contributed by atoms with Crippen LogP contribution in [-0.2, 0) is 4.74 Å². The van der Waals surface area contributed by atoms with Crippen LogP contribution in [0.4, 0.5) is 4.79 Å². The van der Waals surface area contributed by atoms with E-state index >= 15 is 0 Å². The fourth-order valence-corrected chi connectivity index (χ4v) is 5.42. The van der Waals surface area contributed by atoms with Gasteiger partial charge in [-0.15, -0.1) is 24.0 Å². The zero-order valence-electron chi connectivity index (χ0n) is 21.4. The molecule has 3 saturated heterocycles. The number of carbonyl (C=O) groups is 1. The highest BCUT2D eigenvalue weighted by Crippen LogP contribution is 2.36. The SMILES string of the molecule is CCNC(=NCCCCCN1CCCCC1)NC1CC2CCC(C1)N2C(=O)OC(C)(C)C.I. The zero-order valence-corrected chi connectivity index (χ0v) is 23.7. The summed E-state index contributed by atoms with van der Waals surface area (Å²) in [4.78, 5) is 22.2. The summed E-state index contributed by atoms with van der Waals surface area (Å²) in [5.41, 5.74) is -0.440. The maximum atomic E-state index is 12.7. The second-order valence-electron chi connectivity index (χ2n) is 10.8. The second-order valence-corrected chi connectivity index (χ2v) is 10.8. The van der Waals surface area contributed by atoms with Crippen molar-refractivity contribution in [1.29, 1.82) is 0 Å². The summed E-state index contributed by atoms with van der Waals surface area (Å²) in [7, 11) is 0. The smallest absolute Gasteiger partial charge is 0.410 e. The highest BCUT2D eigenvalue weighted by molar-refractivity contribution is 14.0. The van der Waals surface area contributed by atoms with Gasteiger partial charge in [0.2, 0.25) is 0 Å². The Labute approximate surface area is 218 Å². The van der Waals surface area contributed by atoms with Gasteiger partial charge in [-0.05, 0) is 98.7 Å². The first-order chi connectivity index (χ1) is 15.4. The van der Waals surface area contributed by atoms with Crippen LogP contribution in [0.3, 0.4) is 0 Å². The highest BCUT2D eigenvalue weighted by atomic mass is 127. The molecule has 2 atom stereocenters. The van der Waals surface area contributed by atoms with Gasteiger partial charge in [0.1, 0.15) is 5.60 Å². The zero-order chi connectivity index (χ0) is 23.0. The van der Waals surface area contributed by atoms with E-state index in [0.717, 1.165) is 51.2 Å². The Bertz CT molecular complexity index is 604. The van der Waals surface area contributed by atoms with Crippen molar-refractivity contribution in [2.24, 2.45) is 4.99 Å². The number of likely N-dealkylation sites (tertiary alicyclic amines) is 1. The van der Waals surface area contributed by atoms with Crippen molar-refractivity contribution >= 4 is 36.0 Å². The fraction of sp³-hybridized carbons (Fsp3) is 0.920. The third-order valence-electron chi connectivity index (χ3n) is 6.87. The molecule has 3 rings (SSSR count). The number of unbranched alkanes of at least 4 members (excludes halogenated alkanes) is 2. The largest absolute Gasteiger partial charge is 0.444 e. The molecule has 2 bridgehead atoms. The Kier molecular flexibility index (Phi) is 12.0. The van der Waals surface area contributed by atoms with E-state index in [2.05, 4.69) is 22.5 Å². The number of carbonyl (C=O) groups excluding carboxylic acids is 1. The van der Waals surface area contributed by atoms with E-state index in [-0.39, 0.29) is 42.2 Å². The molecule has 192 valence electrons. The number of nitrogens with one attached hydrogen (secondary N) is 2. The summed E-state index contributed by atoms with van der Waals surface area (Å²) in [6, 6.07) is 0.917. The number of guanidine groups is 1. The van der Waals surface area contributed by atoms with Crippen LogP contribution < -0.4 is 10.6 Å². The number of rotatable bonds is 8. The van der Waals surface area contributed by atoms with Gasteiger partial charge in [-0.1, -0.05) is 12.8 Å². The van der Waals surface area contributed by atoms with E-state index in [1.54, 1.807) is 0 Å². The van der Waals surface area contributed by atoms with Crippen LogP contribution in [0.2, 0.25) is 0 Å². The minimum absolute atomic E-state index is 0. The molecule has 0 aliphatic carbocycles. The second kappa shape index (κ2) is 14.0. The van der Waals surface area contributed by atoms with Crippen LogP contribution >= 0.6 is 24.0 Å². The maximum Gasteiger partial charge on any atom is 0.410 e. The molecule has 1 amide bonds. The van der Waals surface area contributed by atoms with Crippen molar-refractivity contribution in [3.05, 3.63) is 0 Å². The number of hydrogen-bond acceptors (Lipinski definition) is 4. The molecule has 3 fully saturated rings. The lowest BCUT2D eigenvalue weighted by Crippen LogP contribution is -2.55. The molecule has 3 aliphatic rings. The molecule has 2 N–H and O–H groups in total. The van der Waals surface area contributed by atoms with Crippen molar-refractivity contribution in [3.63, 3.8) is 0 Å². The lowest BCUT2D eigenvalue weighted by atomic mass is 9.98. The first-order valence-electron chi connectivity index (χ1n) is 13.1. The highest BCUT2D eigenvalue weighted by Gasteiger charge is 2.45. The number of hydrogen-bond donors (Lipinski definition) is 2. The van der Waals surface area contributed by atoms with Gasteiger partial charge < -0.3 is 25.2 Å². The first kappa shape index (κ1) is 28.5. The third-order valence-corrected chi connectivity index (χ3v) is 6.87. The molecular formula is C25H48IN5O2. The molecule has 33 heavy (non-hydrogen) atoms. The van der Waals surface area contributed by atoms with Crippen molar-refractivity contribution in [3.8, 4) is 0 Å². The van der Waals surface area contributed by atoms with Crippen LogP contribution in [0.15, 0.2) is 4.99 Å². The third kappa shape index (κ3) is 9.42. The molecule has 0 aromatic rings. The van der Waals surface area contributed by atoms with Crippen LogP contribution in [0.25, 0.3) is 0 Å². The number of amides is 1. The van der Waals surface area contributed by atoms with Gasteiger partial charge in [0, 0.05) is 31.2 Å². The van der Waals surface area contributed by atoms with Gasteiger partial charge in [-0.2, -0.15) is 0 Å². The molecule has 0 spiro atoms. The van der Waals surface area contributed by atoms with Crippen LogP contribution in [0.5, 0.6) is 0 Å². The van der Waals surface area contributed by atoms with E-state index in [0.29, 0.717) is 6.04 Å². The number of nitrogens with zero attached hydrogens (tertiary/aromatic N) is 3. The van der Waals surface area contributed by atoms with Crippen molar-refractivity contribution in [2.45, 2.75) is 116 Å². The molecule has 0 aromatic carbocycles. The predicted molar refractivity (Wildman–Crippen MR) is 147 cm³/mol. The van der Waals surface area contributed by atoms with E-state index in [1.165, 1.54) is 51.7 Å². The van der Waals surface area contributed by atoms with Gasteiger partial charge in [-0.3, -0.25) is 4.99 Å². The number of fused-ring (bicyclic) bond motifs is 2. The minimum Gasteiger partial charge on any atom is -0.444 e. The standard InChI is InChI=1S/C25H47N5O2.HI/c1-5-26-23(27-14-8-6-9-15-29-16-10-7-11-17-29)28-20-18-21-12-13-22(19-20)30(21)24(31)32-25(2,3)4;/h20-22H,5-19H2,1-4H3,(H2,26,27,28);1H. The number of piperidine rings is 2. The minimum atomic E-state index is -0.440.